The van der Waals surface area contributed by atoms with Crippen molar-refractivity contribution in [3.63, 3.8) is 0 Å². The average Bonchev–Trinajstić information content (AvgIpc) is 2.42. The first-order chi connectivity index (χ1) is 10.4. The lowest BCUT2D eigenvalue weighted by molar-refractivity contribution is -0.118. The molecule has 4 aliphatic rings. The van der Waals surface area contributed by atoms with Gasteiger partial charge in [-0.05, 0) is 72.8 Å². The zero-order valence-electron chi connectivity index (χ0n) is 14.5. The third kappa shape index (κ3) is 2.52. The van der Waals surface area contributed by atoms with E-state index in [1.807, 2.05) is 0 Å². The minimum Gasteiger partial charge on any atom is -0.307 e. The predicted molar refractivity (Wildman–Crippen MR) is 92.8 cm³/mol. The van der Waals surface area contributed by atoms with E-state index in [9.17, 15) is 0 Å². The van der Waals surface area contributed by atoms with Crippen LogP contribution in [0.2, 0.25) is 0 Å². The Morgan fingerprint density at radius 1 is 0.909 bits per heavy atom. The van der Waals surface area contributed by atoms with Crippen molar-refractivity contribution < 1.29 is 0 Å². The van der Waals surface area contributed by atoms with Crippen LogP contribution in [0, 0.1) is 16.7 Å². The fourth-order valence-electron chi connectivity index (χ4n) is 6.83. The lowest BCUT2D eigenvalue weighted by Gasteiger charge is -2.65. The Morgan fingerprint density at radius 3 is 2.05 bits per heavy atom. The Bertz CT molecular complexity index is 540. The molecular weight excluding hydrogens is 266 g/mol. The van der Waals surface area contributed by atoms with Crippen LogP contribution in [0.15, 0.2) is 24.3 Å². The zero-order valence-corrected chi connectivity index (χ0v) is 14.5. The van der Waals surface area contributed by atoms with Crippen LogP contribution in [0.4, 0.5) is 0 Å². The molecule has 0 aliphatic heterocycles. The van der Waals surface area contributed by atoms with Crippen LogP contribution in [0.5, 0.6) is 0 Å². The van der Waals surface area contributed by atoms with E-state index in [4.69, 9.17) is 0 Å². The second-order valence-corrected chi connectivity index (χ2v) is 9.43. The molecule has 4 aliphatic carbocycles. The summed E-state index contributed by atoms with van der Waals surface area (Å²) in [7, 11) is 0. The van der Waals surface area contributed by atoms with E-state index < -0.39 is 0 Å². The van der Waals surface area contributed by atoms with Crippen molar-refractivity contribution in [3.05, 3.63) is 35.4 Å². The van der Waals surface area contributed by atoms with Gasteiger partial charge >= 0.3 is 0 Å². The van der Waals surface area contributed by atoms with Crippen LogP contribution in [0.3, 0.4) is 0 Å². The molecule has 2 unspecified atom stereocenters. The Kier molecular flexibility index (Phi) is 3.24. The Morgan fingerprint density at radius 2 is 1.50 bits per heavy atom. The highest BCUT2D eigenvalue weighted by molar-refractivity contribution is 5.23. The van der Waals surface area contributed by atoms with Crippen LogP contribution >= 0.6 is 0 Å². The van der Waals surface area contributed by atoms with E-state index in [1.54, 1.807) is 0 Å². The number of aryl methyl sites for hydroxylation is 1. The molecule has 1 aromatic carbocycles. The predicted octanol–water partition coefficient (Wildman–Crippen LogP) is 5.09. The zero-order chi connectivity index (χ0) is 15.4. The summed E-state index contributed by atoms with van der Waals surface area (Å²) >= 11 is 0. The fourth-order valence-corrected chi connectivity index (χ4v) is 6.83. The van der Waals surface area contributed by atoms with Gasteiger partial charge in [-0.1, -0.05) is 45.0 Å². The molecule has 22 heavy (non-hydrogen) atoms. The van der Waals surface area contributed by atoms with Crippen LogP contribution in [-0.2, 0) is 13.0 Å². The maximum Gasteiger partial charge on any atom is 0.0210 e. The topological polar surface area (TPSA) is 12.0 Å². The fraction of sp³-hybridized carbons (Fsp3) is 0.714. The number of nitrogens with one attached hydrogen (secondary N) is 1. The number of hydrogen-bond acceptors (Lipinski definition) is 1. The lowest BCUT2D eigenvalue weighted by atomic mass is 9.43. The normalized spacial score (nSPS) is 42.8. The van der Waals surface area contributed by atoms with Gasteiger partial charge in [-0.2, -0.15) is 0 Å². The first kappa shape index (κ1) is 14.8. The SMILES string of the molecule is CCc1ccc(CNC23CC4C[C@@](C)(C2)C[C@](C)(C4)C3)cc1. The Balaban J connectivity index is 1.50. The summed E-state index contributed by atoms with van der Waals surface area (Å²) in [6.07, 6.45) is 9.79. The number of hydrogen-bond donors (Lipinski definition) is 1. The van der Waals surface area contributed by atoms with Crippen molar-refractivity contribution in [1.29, 1.82) is 0 Å². The third-order valence-electron chi connectivity index (χ3n) is 6.72. The van der Waals surface area contributed by atoms with Crippen molar-refractivity contribution in [2.75, 3.05) is 0 Å². The van der Waals surface area contributed by atoms with Gasteiger partial charge in [0.2, 0.25) is 0 Å². The maximum atomic E-state index is 4.03. The summed E-state index contributed by atoms with van der Waals surface area (Å²) in [5.41, 5.74) is 4.52. The largest absolute Gasteiger partial charge is 0.307 e. The second-order valence-electron chi connectivity index (χ2n) is 9.43. The minimum atomic E-state index is 0.423. The minimum absolute atomic E-state index is 0.423. The molecule has 4 fully saturated rings. The Hall–Kier alpha value is -0.820. The van der Waals surface area contributed by atoms with E-state index >= 15 is 0 Å². The van der Waals surface area contributed by atoms with Gasteiger partial charge in [0.15, 0.2) is 0 Å². The molecule has 4 bridgehead atoms. The first-order valence-corrected chi connectivity index (χ1v) is 9.25. The molecule has 4 saturated carbocycles. The quantitative estimate of drug-likeness (QED) is 0.816. The number of rotatable bonds is 4. The molecule has 0 amide bonds. The molecule has 0 aromatic heterocycles. The van der Waals surface area contributed by atoms with Crippen molar-refractivity contribution in [3.8, 4) is 0 Å². The van der Waals surface area contributed by atoms with Gasteiger partial charge in [-0.25, -0.2) is 0 Å². The summed E-state index contributed by atoms with van der Waals surface area (Å²) in [5.74, 6) is 0.973. The number of benzene rings is 1. The van der Waals surface area contributed by atoms with Gasteiger partial charge < -0.3 is 5.32 Å². The van der Waals surface area contributed by atoms with Gasteiger partial charge in [-0.15, -0.1) is 0 Å². The molecule has 0 radical (unpaired) electrons. The van der Waals surface area contributed by atoms with Gasteiger partial charge in [0, 0.05) is 12.1 Å². The third-order valence-corrected chi connectivity index (χ3v) is 6.72. The van der Waals surface area contributed by atoms with Crippen LogP contribution in [0.1, 0.15) is 70.4 Å². The second kappa shape index (κ2) is 4.84. The monoisotopic (exact) mass is 297 g/mol. The molecule has 0 heterocycles. The molecule has 0 saturated heterocycles. The molecular formula is C21H31N. The van der Waals surface area contributed by atoms with Crippen molar-refractivity contribution >= 4 is 0 Å². The van der Waals surface area contributed by atoms with E-state index in [0.717, 1.165) is 18.9 Å². The van der Waals surface area contributed by atoms with Crippen LogP contribution in [-0.4, -0.2) is 5.54 Å². The molecule has 4 atom stereocenters. The van der Waals surface area contributed by atoms with Gasteiger partial charge in [0.05, 0.1) is 0 Å². The highest BCUT2D eigenvalue weighted by atomic mass is 15.0. The smallest absolute Gasteiger partial charge is 0.0210 e. The molecule has 0 spiro atoms. The summed E-state index contributed by atoms with van der Waals surface area (Å²) in [6, 6.07) is 9.21. The average molecular weight is 297 g/mol. The summed E-state index contributed by atoms with van der Waals surface area (Å²) in [4.78, 5) is 0. The van der Waals surface area contributed by atoms with Crippen molar-refractivity contribution in [1.82, 2.24) is 5.32 Å². The van der Waals surface area contributed by atoms with Gasteiger partial charge in [-0.3, -0.25) is 0 Å². The van der Waals surface area contributed by atoms with Gasteiger partial charge in [0.25, 0.3) is 0 Å². The standard InChI is InChI=1S/C21H31N/c1-4-16-5-7-17(8-6-16)12-22-21-11-18-9-19(2,14-21)13-20(3,10-18)15-21/h5-8,18,22H,4,9-15H2,1-3H3/t18?,19-,20+,21?. The molecule has 1 nitrogen and oxygen atoms in total. The highest BCUT2D eigenvalue weighted by Gasteiger charge is 2.59. The van der Waals surface area contributed by atoms with E-state index in [-0.39, 0.29) is 0 Å². The molecule has 1 heteroatoms. The molecule has 1 aromatic rings. The summed E-state index contributed by atoms with van der Waals surface area (Å²) in [5, 5.41) is 4.03. The summed E-state index contributed by atoms with van der Waals surface area (Å²) in [6.45, 7) is 8.39. The summed E-state index contributed by atoms with van der Waals surface area (Å²) < 4.78 is 0. The maximum absolute atomic E-state index is 4.03. The van der Waals surface area contributed by atoms with Crippen molar-refractivity contribution in [2.45, 2.75) is 77.8 Å². The van der Waals surface area contributed by atoms with E-state index in [0.29, 0.717) is 16.4 Å². The highest BCUT2D eigenvalue weighted by Crippen LogP contribution is 2.66. The first-order valence-electron chi connectivity index (χ1n) is 9.25. The van der Waals surface area contributed by atoms with Gasteiger partial charge in [0.1, 0.15) is 0 Å². The van der Waals surface area contributed by atoms with Crippen LogP contribution < -0.4 is 5.32 Å². The molecule has 1 N–H and O–H groups in total. The Labute approximate surface area is 135 Å². The van der Waals surface area contributed by atoms with E-state index in [1.165, 1.54) is 49.7 Å². The molecule has 120 valence electrons. The van der Waals surface area contributed by atoms with E-state index in [2.05, 4.69) is 50.4 Å². The van der Waals surface area contributed by atoms with Crippen LogP contribution in [0.25, 0.3) is 0 Å². The lowest BCUT2D eigenvalue weighted by Crippen LogP contribution is -2.63. The molecule has 5 rings (SSSR count). The van der Waals surface area contributed by atoms with Crippen molar-refractivity contribution in [2.24, 2.45) is 16.7 Å².